The summed E-state index contributed by atoms with van der Waals surface area (Å²) in [6, 6.07) is 14.7. The highest BCUT2D eigenvalue weighted by molar-refractivity contribution is 9.10. The van der Waals surface area contributed by atoms with Crippen LogP contribution in [0.4, 0.5) is 0 Å². The summed E-state index contributed by atoms with van der Waals surface area (Å²) in [7, 11) is 0. The molecule has 0 fully saturated rings. The zero-order valence-electron chi connectivity index (χ0n) is 10.1. The maximum absolute atomic E-state index is 11.9. The zero-order chi connectivity index (χ0) is 13.7. The van der Waals surface area contributed by atoms with Gasteiger partial charge in [0.1, 0.15) is 6.61 Å². The lowest BCUT2D eigenvalue weighted by molar-refractivity contribution is 0.0726. The Labute approximate surface area is 125 Å². The van der Waals surface area contributed by atoms with Crippen LogP contribution >= 0.6 is 27.5 Å². The average molecular weight is 340 g/mol. The molecule has 0 aliphatic rings. The number of hydrogen-bond acceptors (Lipinski definition) is 2. The molecule has 98 valence electrons. The van der Waals surface area contributed by atoms with E-state index in [-0.39, 0.29) is 12.4 Å². The first-order valence-corrected chi connectivity index (χ1v) is 6.93. The van der Waals surface area contributed by atoms with E-state index in [1.807, 2.05) is 24.3 Å². The van der Waals surface area contributed by atoms with Crippen molar-refractivity contribution in [2.45, 2.75) is 6.61 Å². The molecule has 2 nitrogen and oxygen atoms in total. The maximum Gasteiger partial charge on any atom is 0.188 e. The molecule has 0 heterocycles. The quantitative estimate of drug-likeness (QED) is 0.750. The summed E-state index contributed by atoms with van der Waals surface area (Å²) >= 11 is 9.23. The van der Waals surface area contributed by atoms with E-state index < -0.39 is 0 Å². The molecule has 2 aromatic rings. The van der Waals surface area contributed by atoms with Crippen LogP contribution in [-0.4, -0.2) is 12.4 Å². The van der Waals surface area contributed by atoms with E-state index in [2.05, 4.69) is 15.9 Å². The average Bonchev–Trinajstić information content (AvgIpc) is 2.38. The highest BCUT2D eigenvalue weighted by Crippen LogP contribution is 2.13. The Balaban J connectivity index is 1.87. The van der Waals surface area contributed by atoms with Crippen LogP contribution in [0, 0.1) is 0 Å². The van der Waals surface area contributed by atoms with Crippen molar-refractivity contribution < 1.29 is 9.53 Å². The second kappa shape index (κ2) is 6.85. The molecule has 0 aliphatic carbocycles. The lowest BCUT2D eigenvalue weighted by Crippen LogP contribution is -2.09. The molecule has 0 radical (unpaired) electrons. The predicted octanol–water partition coefficient (Wildman–Crippen LogP) is 4.50. The monoisotopic (exact) mass is 338 g/mol. The van der Waals surface area contributed by atoms with Crippen LogP contribution in [0.3, 0.4) is 0 Å². The molecule has 2 aromatic carbocycles. The Morgan fingerprint density at radius 1 is 1.16 bits per heavy atom. The van der Waals surface area contributed by atoms with Crippen LogP contribution in [0.25, 0.3) is 0 Å². The Hall–Kier alpha value is -1.16. The molecule has 19 heavy (non-hydrogen) atoms. The van der Waals surface area contributed by atoms with Gasteiger partial charge in [-0.15, -0.1) is 0 Å². The number of hydrogen-bond donors (Lipinski definition) is 0. The van der Waals surface area contributed by atoms with E-state index in [0.29, 0.717) is 17.2 Å². The van der Waals surface area contributed by atoms with E-state index in [9.17, 15) is 4.79 Å². The first kappa shape index (κ1) is 14.3. The normalized spacial score (nSPS) is 10.4. The SMILES string of the molecule is O=C(COCc1cccc(Br)c1)c1cccc(Cl)c1. The van der Waals surface area contributed by atoms with Gasteiger partial charge in [-0.25, -0.2) is 0 Å². The third-order valence-corrected chi connectivity index (χ3v) is 3.27. The Kier molecular flexibility index (Phi) is 5.14. The number of benzene rings is 2. The number of ether oxygens (including phenoxy) is 1. The molecule has 0 atom stereocenters. The van der Waals surface area contributed by atoms with Crippen molar-refractivity contribution >= 4 is 33.3 Å². The smallest absolute Gasteiger partial charge is 0.188 e. The lowest BCUT2D eigenvalue weighted by atomic mass is 10.1. The lowest BCUT2D eigenvalue weighted by Gasteiger charge is -2.05. The summed E-state index contributed by atoms with van der Waals surface area (Å²) in [4.78, 5) is 11.9. The summed E-state index contributed by atoms with van der Waals surface area (Å²) in [5.41, 5.74) is 1.59. The molecule has 0 N–H and O–H groups in total. The summed E-state index contributed by atoms with van der Waals surface area (Å²) in [6.45, 7) is 0.457. The molecular weight excluding hydrogens is 328 g/mol. The van der Waals surface area contributed by atoms with E-state index in [1.165, 1.54) is 0 Å². The van der Waals surface area contributed by atoms with Crippen molar-refractivity contribution in [2.75, 3.05) is 6.61 Å². The van der Waals surface area contributed by atoms with Gasteiger partial charge in [0, 0.05) is 15.1 Å². The second-order valence-corrected chi connectivity index (χ2v) is 5.41. The zero-order valence-corrected chi connectivity index (χ0v) is 12.4. The predicted molar refractivity (Wildman–Crippen MR) is 79.6 cm³/mol. The van der Waals surface area contributed by atoms with Crippen molar-refractivity contribution in [3.8, 4) is 0 Å². The standard InChI is InChI=1S/C15H12BrClO2/c16-13-5-1-3-11(7-13)9-19-10-15(18)12-4-2-6-14(17)8-12/h1-8H,9-10H2. The number of halogens is 2. The molecule has 0 unspecified atom stereocenters. The number of carbonyl (C=O) groups is 1. The maximum atomic E-state index is 11.9. The first-order valence-electron chi connectivity index (χ1n) is 5.76. The summed E-state index contributed by atoms with van der Waals surface area (Å²) in [5.74, 6) is -0.0718. The van der Waals surface area contributed by atoms with Gasteiger partial charge in [-0.1, -0.05) is 51.8 Å². The largest absolute Gasteiger partial charge is 0.369 e. The summed E-state index contributed by atoms with van der Waals surface area (Å²) in [5, 5.41) is 0.554. The fourth-order valence-electron chi connectivity index (χ4n) is 1.63. The van der Waals surface area contributed by atoms with Gasteiger partial charge >= 0.3 is 0 Å². The van der Waals surface area contributed by atoms with E-state index >= 15 is 0 Å². The molecule has 0 spiro atoms. The summed E-state index contributed by atoms with van der Waals surface area (Å²) in [6.07, 6.45) is 0. The topological polar surface area (TPSA) is 26.3 Å². The highest BCUT2D eigenvalue weighted by Gasteiger charge is 2.06. The molecule has 0 saturated carbocycles. The fraction of sp³-hybridized carbons (Fsp3) is 0.133. The van der Waals surface area contributed by atoms with Crippen LogP contribution in [-0.2, 0) is 11.3 Å². The van der Waals surface area contributed by atoms with Crippen LogP contribution in [0.1, 0.15) is 15.9 Å². The van der Waals surface area contributed by atoms with Gasteiger partial charge in [-0.2, -0.15) is 0 Å². The third-order valence-electron chi connectivity index (χ3n) is 2.54. The second-order valence-electron chi connectivity index (χ2n) is 4.06. The van der Waals surface area contributed by atoms with Crippen LogP contribution in [0.5, 0.6) is 0 Å². The fourth-order valence-corrected chi connectivity index (χ4v) is 2.27. The van der Waals surface area contributed by atoms with Crippen LogP contribution < -0.4 is 0 Å². The number of Topliss-reactive ketones (excluding diaryl/α,β-unsaturated/α-hetero) is 1. The molecule has 2 rings (SSSR count). The van der Waals surface area contributed by atoms with E-state index in [1.54, 1.807) is 24.3 Å². The Morgan fingerprint density at radius 2 is 1.95 bits per heavy atom. The molecular formula is C15H12BrClO2. The van der Waals surface area contributed by atoms with Crippen molar-refractivity contribution in [2.24, 2.45) is 0 Å². The molecule has 4 heteroatoms. The van der Waals surface area contributed by atoms with Crippen molar-refractivity contribution in [3.63, 3.8) is 0 Å². The number of rotatable bonds is 5. The Morgan fingerprint density at radius 3 is 2.68 bits per heavy atom. The minimum Gasteiger partial charge on any atom is -0.369 e. The van der Waals surface area contributed by atoms with Gasteiger partial charge in [0.2, 0.25) is 0 Å². The highest BCUT2D eigenvalue weighted by atomic mass is 79.9. The van der Waals surface area contributed by atoms with Crippen molar-refractivity contribution in [1.29, 1.82) is 0 Å². The molecule has 0 aromatic heterocycles. The number of carbonyl (C=O) groups excluding carboxylic acids is 1. The minimum absolute atomic E-state index is 0.0485. The molecule has 0 aliphatic heterocycles. The van der Waals surface area contributed by atoms with Crippen molar-refractivity contribution in [3.05, 3.63) is 69.2 Å². The summed E-state index contributed by atoms with van der Waals surface area (Å²) < 4.78 is 6.41. The third kappa shape index (κ3) is 4.46. The van der Waals surface area contributed by atoms with Gasteiger partial charge in [0.05, 0.1) is 6.61 Å². The molecule has 0 amide bonds. The van der Waals surface area contributed by atoms with Crippen LogP contribution in [0.2, 0.25) is 5.02 Å². The minimum atomic E-state index is -0.0718. The van der Waals surface area contributed by atoms with Gasteiger partial charge < -0.3 is 4.74 Å². The number of ketones is 1. The van der Waals surface area contributed by atoms with Crippen molar-refractivity contribution in [1.82, 2.24) is 0 Å². The van der Waals surface area contributed by atoms with E-state index in [0.717, 1.165) is 10.0 Å². The van der Waals surface area contributed by atoms with E-state index in [4.69, 9.17) is 16.3 Å². The molecule has 0 bridgehead atoms. The Bertz CT molecular complexity index is 584. The van der Waals surface area contributed by atoms with Gasteiger partial charge in [-0.05, 0) is 29.8 Å². The van der Waals surface area contributed by atoms with Gasteiger partial charge in [0.15, 0.2) is 5.78 Å². The van der Waals surface area contributed by atoms with Crippen LogP contribution in [0.15, 0.2) is 53.0 Å². The van der Waals surface area contributed by atoms with Gasteiger partial charge in [0.25, 0.3) is 0 Å². The molecule has 0 saturated heterocycles. The van der Waals surface area contributed by atoms with Gasteiger partial charge in [-0.3, -0.25) is 4.79 Å². The first-order chi connectivity index (χ1) is 9.15.